The summed E-state index contributed by atoms with van der Waals surface area (Å²) < 4.78 is 13.2. The van der Waals surface area contributed by atoms with Crippen LogP contribution in [0.1, 0.15) is 18.1 Å². The van der Waals surface area contributed by atoms with Gasteiger partial charge < -0.3 is 10.6 Å². The Labute approximate surface area is 142 Å². The summed E-state index contributed by atoms with van der Waals surface area (Å²) in [4.78, 5) is 4.49. The zero-order valence-corrected chi connectivity index (χ0v) is 15.3. The smallest absolute Gasteiger partial charge is 0.191 e. The van der Waals surface area contributed by atoms with Crippen LogP contribution in [0, 0.1) is 12.7 Å². The number of halogens is 2. The van der Waals surface area contributed by atoms with E-state index in [1.54, 1.807) is 24.8 Å². The van der Waals surface area contributed by atoms with E-state index in [0.29, 0.717) is 12.1 Å². The number of nitrogens with one attached hydrogen (secondary N) is 2. The number of hydrogen-bond acceptors (Lipinski definition) is 2. The van der Waals surface area contributed by atoms with Crippen LogP contribution in [0.5, 0.6) is 0 Å². The highest BCUT2D eigenvalue weighted by Crippen LogP contribution is 2.09. The Balaban J connectivity index is 0.00000361. The Bertz CT molecular complexity index is 427. The maximum Gasteiger partial charge on any atom is 0.191 e. The normalized spacial score (nSPS) is 10.9. The summed E-state index contributed by atoms with van der Waals surface area (Å²) in [6.07, 6.45) is 2.08. The molecule has 2 N–H and O–H groups in total. The fraction of sp³-hybridized carbons (Fsp3) is 0.500. The second kappa shape index (κ2) is 11.2. The minimum Gasteiger partial charge on any atom is -0.357 e. The summed E-state index contributed by atoms with van der Waals surface area (Å²) in [5.74, 6) is 1.68. The Morgan fingerprint density at radius 2 is 2.10 bits per heavy atom. The first kappa shape index (κ1) is 19.5. The molecular formula is C14H23FIN3S. The van der Waals surface area contributed by atoms with Crippen LogP contribution in [0.15, 0.2) is 23.2 Å². The molecule has 0 spiro atoms. The molecule has 0 saturated carbocycles. The van der Waals surface area contributed by atoms with Crippen molar-refractivity contribution in [3.8, 4) is 0 Å². The first-order valence-electron chi connectivity index (χ1n) is 6.43. The number of hydrogen-bond donors (Lipinski definition) is 2. The third-order valence-electron chi connectivity index (χ3n) is 2.58. The molecule has 0 saturated heterocycles. The summed E-state index contributed by atoms with van der Waals surface area (Å²) in [5.41, 5.74) is 1.68. The van der Waals surface area contributed by atoms with Gasteiger partial charge in [-0.1, -0.05) is 12.1 Å². The van der Waals surface area contributed by atoms with Crippen LogP contribution in [0.25, 0.3) is 0 Å². The molecule has 114 valence electrons. The van der Waals surface area contributed by atoms with Gasteiger partial charge in [-0.25, -0.2) is 9.38 Å². The maximum atomic E-state index is 13.2. The van der Waals surface area contributed by atoms with E-state index in [-0.39, 0.29) is 29.8 Å². The van der Waals surface area contributed by atoms with Crippen LogP contribution in [0.4, 0.5) is 4.39 Å². The monoisotopic (exact) mass is 411 g/mol. The molecule has 1 rings (SSSR count). The number of nitrogens with zero attached hydrogens (tertiary/aromatic N) is 1. The third kappa shape index (κ3) is 7.33. The van der Waals surface area contributed by atoms with Gasteiger partial charge in [0.05, 0.1) is 6.54 Å². The molecule has 6 heteroatoms. The summed E-state index contributed by atoms with van der Waals surface area (Å²) in [6.45, 7) is 6.07. The van der Waals surface area contributed by atoms with Gasteiger partial charge in [0.2, 0.25) is 0 Å². The molecule has 0 aliphatic heterocycles. The minimum absolute atomic E-state index is 0. The number of aliphatic imine (C=N–C) groups is 1. The minimum atomic E-state index is -0.169. The van der Waals surface area contributed by atoms with E-state index in [0.717, 1.165) is 30.4 Å². The number of thioether (sulfide) groups is 1. The van der Waals surface area contributed by atoms with Gasteiger partial charge in [-0.05, 0) is 37.3 Å². The van der Waals surface area contributed by atoms with Crippen molar-refractivity contribution in [3.63, 3.8) is 0 Å². The second-order valence-corrected chi connectivity index (χ2v) is 5.18. The molecule has 0 aromatic heterocycles. The van der Waals surface area contributed by atoms with Gasteiger partial charge >= 0.3 is 0 Å². The van der Waals surface area contributed by atoms with Crippen LogP contribution >= 0.6 is 35.7 Å². The molecule has 0 amide bonds. The predicted octanol–water partition coefficient (Wildman–Crippen LogP) is 3.17. The van der Waals surface area contributed by atoms with Gasteiger partial charge in [0.1, 0.15) is 5.82 Å². The fourth-order valence-corrected chi connectivity index (χ4v) is 1.89. The summed E-state index contributed by atoms with van der Waals surface area (Å²) >= 11 is 1.79. The highest BCUT2D eigenvalue weighted by Gasteiger charge is 2.00. The number of benzene rings is 1. The Morgan fingerprint density at radius 3 is 2.70 bits per heavy atom. The number of aryl methyl sites for hydroxylation is 1. The molecule has 3 nitrogen and oxygen atoms in total. The molecule has 0 aliphatic rings. The average molecular weight is 411 g/mol. The molecule has 0 radical (unpaired) electrons. The Morgan fingerprint density at radius 1 is 1.35 bits per heavy atom. The molecule has 1 aromatic rings. The lowest BCUT2D eigenvalue weighted by Gasteiger charge is -2.10. The molecular weight excluding hydrogens is 388 g/mol. The van der Waals surface area contributed by atoms with Crippen LogP contribution in [0.2, 0.25) is 0 Å². The first-order valence-corrected chi connectivity index (χ1v) is 7.83. The van der Waals surface area contributed by atoms with Crippen LogP contribution in [0.3, 0.4) is 0 Å². The standard InChI is InChI=1S/C14H22FN3S.HI/c1-4-16-14(17-7-8-19-3)18-10-12-5-6-13(15)11(2)9-12;/h5-6,9H,4,7-8,10H2,1-3H3,(H2,16,17,18);1H. The van der Waals surface area contributed by atoms with Crippen molar-refractivity contribution < 1.29 is 4.39 Å². The van der Waals surface area contributed by atoms with E-state index >= 15 is 0 Å². The van der Waals surface area contributed by atoms with E-state index in [1.165, 1.54) is 6.07 Å². The van der Waals surface area contributed by atoms with E-state index in [4.69, 9.17) is 0 Å². The van der Waals surface area contributed by atoms with Gasteiger partial charge in [0.15, 0.2) is 5.96 Å². The first-order chi connectivity index (χ1) is 9.17. The van der Waals surface area contributed by atoms with Crippen LogP contribution in [-0.2, 0) is 6.54 Å². The number of rotatable bonds is 6. The van der Waals surface area contributed by atoms with Crippen molar-refractivity contribution in [2.75, 3.05) is 25.1 Å². The van der Waals surface area contributed by atoms with Gasteiger partial charge in [-0.2, -0.15) is 11.8 Å². The van der Waals surface area contributed by atoms with E-state index < -0.39 is 0 Å². The Hall–Kier alpha value is -0.500. The molecule has 0 unspecified atom stereocenters. The van der Waals surface area contributed by atoms with Gasteiger partial charge in [-0.15, -0.1) is 24.0 Å². The lowest BCUT2D eigenvalue weighted by Crippen LogP contribution is -2.38. The topological polar surface area (TPSA) is 36.4 Å². The van der Waals surface area contributed by atoms with E-state index in [1.807, 2.05) is 13.0 Å². The summed E-state index contributed by atoms with van der Waals surface area (Å²) in [7, 11) is 0. The van der Waals surface area contributed by atoms with Crippen molar-refractivity contribution in [1.82, 2.24) is 10.6 Å². The van der Waals surface area contributed by atoms with E-state index in [9.17, 15) is 4.39 Å². The molecule has 0 bridgehead atoms. The van der Waals surface area contributed by atoms with Crippen molar-refractivity contribution in [2.24, 2.45) is 4.99 Å². The van der Waals surface area contributed by atoms with Crippen LogP contribution < -0.4 is 10.6 Å². The number of guanidine groups is 1. The van der Waals surface area contributed by atoms with Gasteiger partial charge in [0, 0.05) is 18.8 Å². The zero-order valence-electron chi connectivity index (χ0n) is 12.2. The summed E-state index contributed by atoms with van der Waals surface area (Å²) in [6, 6.07) is 5.11. The SMILES string of the molecule is CCNC(=NCc1ccc(F)c(C)c1)NCCSC.I. The Kier molecular flexibility index (Phi) is 10.9. The van der Waals surface area contributed by atoms with Gasteiger partial charge in [-0.3, -0.25) is 0 Å². The molecule has 20 heavy (non-hydrogen) atoms. The second-order valence-electron chi connectivity index (χ2n) is 4.20. The van der Waals surface area contributed by atoms with Crippen molar-refractivity contribution in [2.45, 2.75) is 20.4 Å². The zero-order chi connectivity index (χ0) is 14.1. The largest absolute Gasteiger partial charge is 0.357 e. The average Bonchev–Trinajstić information content (AvgIpc) is 2.40. The molecule has 1 aromatic carbocycles. The lowest BCUT2D eigenvalue weighted by molar-refractivity contribution is 0.617. The molecule has 0 atom stereocenters. The predicted molar refractivity (Wildman–Crippen MR) is 97.8 cm³/mol. The molecule has 0 aliphatic carbocycles. The van der Waals surface area contributed by atoms with E-state index in [2.05, 4.69) is 21.9 Å². The highest BCUT2D eigenvalue weighted by molar-refractivity contribution is 14.0. The van der Waals surface area contributed by atoms with Crippen molar-refractivity contribution in [3.05, 3.63) is 35.1 Å². The maximum absolute atomic E-state index is 13.2. The molecule has 0 fully saturated rings. The summed E-state index contributed by atoms with van der Waals surface area (Å²) in [5, 5.41) is 6.46. The van der Waals surface area contributed by atoms with Crippen molar-refractivity contribution in [1.29, 1.82) is 0 Å². The van der Waals surface area contributed by atoms with Crippen LogP contribution in [-0.4, -0.2) is 31.1 Å². The third-order valence-corrected chi connectivity index (χ3v) is 3.20. The van der Waals surface area contributed by atoms with Gasteiger partial charge in [0.25, 0.3) is 0 Å². The molecule has 0 heterocycles. The quantitative estimate of drug-likeness (QED) is 0.327. The fourth-order valence-electron chi connectivity index (χ4n) is 1.59. The highest BCUT2D eigenvalue weighted by atomic mass is 127. The van der Waals surface area contributed by atoms with Crippen molar-refractivity contribution >= 4 is 41.7 Å². The lowest BCUT2D eigenvalue weighted by atomic mass is 10.1.